The van der Waals surface area contributed by atoms with Crippen LogP contribution in [0.25, 0.3) is 0 Å². The Morgan fingerprint density at radius 1 is 0.514 bits per heavy atom. The Kier molecular flexibility index (Phi) is 40.9. The molecule has 2 heterocycles. The topological polar surface area (TPSA) is 228 Å². The molecule has 0 aliphatic carbocycles. The summed E-state index contributed by atoms with van der Waals surface area (Å²) >= 11 is 0. The van der Waals surface area contributed by atoms with Gasteiger partial charge in [-0.25, -0.2) is 0 Å². The largest absolute Gasteiger partial charge is 0.394 e. The molecule has 14 nitrogen and oxygen atoms in total. The van der Waals surface area contributed by atoms with Crippen LogP contribution in [0.1, 0.15) is 232 Å². The Morgan fingerprint density at radius 2 is 0.958 bits per heavy atom. The zero-order valence-electron chi connectivity index (χ0n) is 45.2. The van der Waals surface area contributed by atoms with Gasteiger partial charge in [0.25, 0.3) is 0 Å². The third kappa shape index (κ3) is 30.1. The summed E-state index contributed by atoms with van der Waals surface area (Å²) in [5, 5.41) is 87.1. The fourth-order valence-corrected chi connectivity index (χ4v) is 9.66. The summed E-state index contributed by atoms with van der Waals surface area (Å²) in [6.45, 7) is 2.73. The van der Waals surface area contributed by atoms with Gasteiger partial charge in [-0.1, -0.05) is 217 Å². The first-order valence-corrected chi connectivity index (χ1v) is 29.2. The minimum absolute atomic E-state index is 0.235. The Morgan fingerprint density at radius 3 is 1.46 bits per heavy atom. The minimum atomic E-state index is -1.79. The van der Waals surface area contributed by atoms with Gasteiger partial charge < -0.3 is 65.1 Å². The second-order valence-electron chi connectivity index (χ2n) is 20.7. The van der Waals surface area contributed by atoms with Crippen molar-refractivity contribution in [2.45, 2.75) is 306 Å². The van der Waals surface area contributed by atoms with E-state index in [0.717, 1.165) is 64.2 Å². The first-order chi connectivity index (χ1) is 35.1. The first-order valence-electron chi connectivity index (χ1n) is 29.2. The zero-order valence-corrected chi connectivity index (χ0v) is 45.2. The number of unbranched alkanes of at least 4 members (excludes halogenated alkanes) is 27. The lowest BCUT2D eigenvalue weighted by Crippen LogP contribution is -2.65. The van der Waals surface area contributed by atoms with Gasteiger partial charge >= 0.3 is 0 Å². The average Bonchev–Trinajstić information content (AvgIpc) is 3.38. The lowest BCUT2D eigenvalue weighted by atomic mass is 9.97. The van der Waals surface area contributed by atoms with Gasteiger partial charge in [0.05, 0.1) is 32.0 Å². The van der Waals surface area contributed by atoms with Crippen molar-refractivity contribution < 1.29 is 64.6 Å². The number of aliphatic hydroxyl groups is 8. The molecular formula is C58H107NO13. The molecule has 0 radical (unpaired) electrons. The highest BCUT2D eigenvalue weighted by atomic mass is 16.7. The van der Waals surface area contributed by atoms with Crippen molar-refractivity contribution in [2.24, 2.45) is 0 Å². The Hall–Kier alpha value is -1.79. The van der Waals surface area contributed by atoms with Crippen LogP contribution in [0.4, 0.5) is 0 Å². The van der Waals surface area contributed by atoms with Crippen LogP contribution in [0.3, 0.4) is 0 Å². The summed E-state index contributed by atoms with van der Waals surface area (Å²) in [4.78, 5) is 13.2. The summed E-state index contributed by atoms with van der Waals surface area (Å²) in [7, 11) is 0. The van der Waals surface area contributed by atoms with E-state index in [1.54, 1.807) is 0 Å². The molecule has 14 heteroatoms. The highest BCUT2D eigenvalue weighted by molar-refractivity contribution is 5.76. The molecule has 9 N–H and O–H groups in total. The number of allylic oxidation sites excluding steroid dienone is 6. The van der Waals surface area contributed by atoms with E-state index in [1.165, 1.54) is 135 Å². The molecule has 0 aromatic carbocycles. The number of ether oxygens (including phenoxy) is 4. The number of aliphatic hydroxyl groups excluding tert-OH is 8. The smallest absolute Gasteiger partial charge is 0.220 e. The van der Waals surface area contributed by atoms with Crippen LogP contribution in [-0.2, 0) is 23.7 Å². The van der Waals surface area contributed by atoms with E-state index in [9.17, 15) is 45.6 Å². The van der Waals surface area contributed by atoms with Gasteiger partial charge in [0.2, 0.25) is 5.91 Å². The fraction of sp³-hybridized carbons (Fsp3) is 0.879. The van der Waals surface area contributed by atoms with Crippen LogP contribution >= 0.6 is 0 Å². The molecule has 2 saturated heterocycles. The van der Waals surface area contributed by atoms with Crippen molar-refractivity contribution in [3.8, 4) is 0 Å². The van der Waals surface area contributed by atoms with Crippen LogP contribution in [-0.4, -0.2) is 140 Å². The molecule has 2 aliphatic heterocycles. The number of carbonyl (C=O) groups is 1. The second kappa shape index (κ2) is 44.3. The molecule has 72 heavy (non-hydrogen) atoms. The van der Waals surface area contributed by atoms with Crippen molar-refractivity contribution in [3.63, 3.8) is 0 Å². The quantitative estimate of drug-likeness (QED) is 0.0205. The number of carbonyl (C=O) groups excluding carboxylic acids is 1. The third-order valence-corrected chi connectivity index (χ3v) is 14.4. The van der Waals surface area contributed by atoms with Crippen LogP contribution < -0.4 is 5.32 Å². The second-order valence-corrected chi connectivity index (χ2v) is 20.7. The van der Waals surface area contributed by atoms with Crippen LogP contribution in [0.2, 0.25) is 0 Å². The molecule has 12 unspecified atom stereocenters. The molecule has 2 fully saturated rings. The monoisotopic (exact) mass is 1030 g/mol. The molecule has 1 amide bonds. The van der Waals surface area contributed by atoms with Gasteiger partial charge in [-0.2, -0.15) is 0 Å². The Balaban J connectivity index is 1.73. The van der Waals surface area contributed by atoms with Crippen molar-refractivity contribution in [2.75, 3.05) is 19.8 Å². The number of nitrogens with one attached hydrogen (secondary N) is 1. The molecule has 0 aromatic heterocycles. The highest BCUT2D eigenvalue weighted by Crippen LogP contribution is 2.30. The van der Waals surface area contributed by atoms with Crippen molar-refractivity contribution >= 4 is 5.91 Å². The summed E-state index contributed by atoms with van der Waals surface area (Å²) in [5.74, 6) is -0.235. The van der Waals surface area contributed by atoms with Gasteiger partial charge in [-0.3, -0.25) is 4.79 Å². The summed E-state index contributed by atoms with van der Waals surface area (Å²) in [5.41, 5.74) is 0. The van der Waals surface area contributed by atoms with Gasteiger partial charge in [0.15, 0.2) is 12.6 Å². The average molecular weight is 1030 g/mol. The van der Waals surface area contributed by atoms with Gasteiger partial charge in [-0.05, 0) is 44.9 Å². The molecule has 12 atom stereocenters. The van der Waals surface area contributed by atoms with Gasteiger partial charge in [0, 0.05) is 6.42 Å². The summed E-state index contributed by atoms with van der Waals surface area (Å²) < 4.78 is 22.8. The summed E-state index contributed by atoms with van der Waals surface area (Å²) in [6, 6.07) is -0.844. The minimum Gasteiger partial charge on any atom is -0.394 e. The molecular weight excluding hydrogens is 919 g/mol. The van der Waals surface area contributed by atoms with E-state index in [0.29, 0.717) is 12.8 Å². The van der Waals surface area contributed by atoms with Gasteiger partial charge in [-0.15, -0.1) is 0 Å². The lowest BCUT2D eigenvalue weighted by Gasteiger charge is -2.46. The van der Waals surface area contributed by atoms with Crippen molar-refractivity contribution in [1.29, 1.82) is 0 Å². The number of hydrogen-bond acceptors (Lipinski definition) is 13. The third-order valence-electron chi connectivity index (χ3n) is 14.4. The standard InChI is InChI=1S/C58H107NO13/c1-3-5-7-9-11-13-15-17-18-19-20-21-22-23-24-25-26-27-28-30-31-33-35-37-39-41-47(62)46(59-50(63)42-40-38-36-34-32-29-16-14-12-10-8-6-4-2)45-69-57-55(68)53(66)56(49(44-61)71-57)72-58-54(67)52(65)51(64)48(43-60)70-58/h6,8,12,14,29,32,46-49,51-58,60-62,64-68H,3-5,7,9-11,13,15-28,30-31,33-45H2,1-2H3,(H,59,63)/b8-6-,14-12-,32-29-. The maximum absolute atomic E-state index is 13.2. The van der Waals surface area contributed by atoms with E-state index < -0.39 is 86.8 Å². The zero-order chi connectivity index (χ0) is 52.4. The molecule has 0 aromatic rings. The summed E-state index contributed by atoms with van der Waals surface area (Å²) in [6.07, 6.45) is 35.9. The van der Waals surface area contributed by atoms with E-state index >= 15 is 0 Å². The van der Waals surface area contributed by atoms with E-state index in [-0.39, 0.29) is 18.9 Å². The first kappa shape index (κ1) is 66.3. The molecule has 0 saturated carbocycles. The van der Waals surface area contributed by atoms with Crippen molar-refractivity contribution in [3.05, 3.63) is 36.5 Å². The van der Waals surface area contributed by atoms with Crippen molar-refractivity contribution in [1.82, 2.24) is 5.32 Å². The number of hydrogen-bond donors (Lipinski definition) is 9. The predicted molar refractivity (Wildman–Crippen MR) is 286 cm³/mol. The Bertz CT molecular complexity index is 1350. The predicted octanol–water partition coefficient (Wildman–Crippen LogP) is 9.44. The lowest BCUT2D eigenvalue weighted by molar-refractivity contribution is -0.359. The van der Waals surface area contributed by atoms with E-state index in [1.807, 2.05) is 0 Å². The molecule has 0 bridgehead atoms. The van der Waals surface area contributed by atoms with Crippen LogP contribution in [0, 0.1) is 0 Å². The molecule has 2 rings (SSSR count). The van der Waals surface area contributed by atoms with E-state index in [4.69, 9.17) is 18.9 Å². The normalized spacial score (nSPS) is 25.8. The SMILES string of the molecule is CC/C=C\C/C=C\C/C=C\CCCCCC(=O)NC(COC1OC(CO)C(OC2OC(CO)C(O)C(O)C2O)C(O)C1O)C(O)CCCCCCCCCCCCCCCCCCCCCCCCCCC. The Labute approximate surface area is 436 Å². The maximum Gasteiger partial charge on any atom is 0.220 e. The van der Waals surface area contributed by atoms with Crippen LogP contribution in [0.5, 0.6) is 0 Å². The van der Waals surface area contributed by atoms with Crippen LogP contribution in [0.15, 0.2) is 36.5 Å². The molecule has 2 aliphatic rings. The maximum atomic E-state index is 13.2. The number of amides is 1. The van der Waals surface area contributed by atoms with Gasteiger partial charge in [0.1, 0.15) is 48.8 Å². The number of rotatable bonds is 46. The molecule has 0 spiro atoms. The molecule has 422 valence electrons. The highest BCUT2D eigenvalue weighted by Gasteiger charge is 2.51. The fourth-order valence-electron chi connectivity index (χ4n) is 9.66. The van der Waals surface area contributed by atoms with E-state index in [2.05, 4.69) is 55.6 Å².